The van der Waals surface area contributed by atoms with Crippen LogP contribution in [-0.2, 0) is 33.3 Å². The molecular formula is C18H24ClNO8. The summed E-state index contributed by atoms with van der Waals surface area (Å²) in [6.07, 6.45) is -1.49. The highest BCUT2D eigenvalue weighted by atomic mass is 35.5. The third kappa shape index (κ3) is 7.71. The van der Waals surface area contributed by atoms with Crippen molar-refractivity contribution in [2.24, 2.45) is 0 Å². The number of methoxy groups -OCH3 is 2. The van der Waals surface area contributed by atoms with E-state index >= 15 is 0 Å². The average Bonchev–Trinajstić information content (AvgIpc) is 2.63. The van der Waals surface area contributed by atoms with E-state index in [0.29, 0.717) is 22.9 Å². The van der Waals surface area contributed by atoms with Crippen molar-refractivity contribution in [2.75, 3.05) is 26.6 Å². The van der Waals surface area contributed by atoms with Crippen molar-refractivity contribution in [3.05, 3.63) is 23.2 Å². The van der Waals surface area contributed by atoms with Gasteiger partial charge in [0.2, 0.25) is 12.7 Å². The van der Waals surface area contributed by atoms with Gasteiger partial charge in [-0.05, 0) is 18.2 Å². The van der Waals surface area contributed by atoms with Crippen molar-refractivity contribution in [1.29, 1.82) is 0 Å². The second kappa shape index (κ2) is 12.2. The minimum absolute atomic E-state index is 0.173. The lowest BCUT2D eigenvalue weighted by atomic mass is 10.0. The maximum atomic E-state index is 11.8. The number of hydrogen-bond donors (Lipinski definition) is 1. The molecule has 0 spiro atoms. The summed E-state index contributed by atoms with van der Waals surface area (Å²) < 4.78 is 25.4. The highest BCUT2D eigenvalue weighted by molar-refractivity contribution is 6.31. The number of carbonyl (C=O) groups is 3. The van der Waals surface area contributed by atoms with Crippen molar-refractivity contribution in [3.63, 3.8) is 0 Å². The Morgan fingerprint density at radius 2 is 1.93 bits per heavy atom. The monoisotopic (exact) mass is 417 g/mol. The molecule has 3 atom stereocenters. The van der Waals surface area contributed by atoms with Gasteiger partial charge >= 0.3 is 11.9 Å². The Hall–Kier alpha value is -2.36. The van der Waals surface area contributed by atoms with Gasteiger partial charge < -0.3 is 29.0 Å². The molecular weight excluding hydrogens is 394 g/mol. The first kappa shape index (κ1) is 23.7. The average molecular weight is 418 g/mol. The molecule has 156 valence electrons. The summed E-state index contributed by atoms with van der Waals surface area (Å²) in [5.74, 6) is -0.759. The summed E-state index contributed by atoms with van der Waals surface area (Å²) in [6, 6.07) is 4.65. The Balaban J connectivity index is 0.00000122. The minimum atomic E-state index is -0.928. The number of halogens is 1. The molecule has 0 radical (unpaired) electrons. The highest BCUT2D eigenvalue weighted by Gasteiger charge is 2.37. The van der Waals surface area contributed by atoms with Crippen LogP contribution >= 0.6 is 11.6 Å². The molecule has 28 heavy (non-hydrogen) atoms. The zero-order chi connectivity index (χ0) is 21.1. The predicted octanol–water partition coefficient (Wildman–Crippen LogP) is 2.16. The molecule has 10 heteroatoms. The van der Waals surface area contributed by atoms with E-state index in [-0.39, 0.29) is 12.8 Å². The lowest BCUT2D eigenvalue weighted by Gasteiger charge is -2.33. The Bertz CT molecular complexity index is 669. The predicted molar refractivity (Wildman–Crippen MR) is 100 cm³/mol. The normalized spacial score (nSPS) is 20.8. The summed E-state index contributed by atoms with van der Waals surface area (Å²) in [5, 5.41) is 2.88. The molecule has 1 saturated heterocycles. The van der Waals surface area contributed by atoms with Crippen molar-refractivity contribution in [2.45, 2.75) is 38.3 Å². The van der Waals surface area contributed by atoms with Crippen LogP contribution in [-0.4, -0.2) is 58.2 Å². The molecule has 1 aliphatic rings. The van der Waals surface area contributed by atoms with Crippen LogP contribution in [0.5, 0.6) is 5.75 Å². The first-order valence-electron chi connectivity index (χ1n) is 8.31. The van der Waals surface area contributed by atoms with Crippen molar-refractivity contribution in [3.8, 4) is 5.75 Å². The molecule has 0 aromatic heterocycles. The molecule has 1 aromatic rings. The molecule has 1 aliphatic heterocycles. The molecule has 0 bridgehead atoms. The molecule has 1 aromatic carbocycles. The number of ether oxygens (including phenoxy) is 5. The smallest absolute Gasteiger partial charge is 0.335 e. The van der Waals surface area contributed by atoms with Gasteiger partial charge in [-0.3, -0.25) is 9.59 Å². The molecule has 1 N–H and O–H groups in total. The molecule has 2 rings (SSSR count). The number of hydrogen-bond acceptors (Lipinski definition) is 8. The molecule has 2 unspecified atom stereocenters. The zero-order valence-corrected chi connectivity index (χ0v) is 16.9. The van der Waals surface area contributed by atoms with E-state index in [1.165, 1.54) is 20.1 Å². The summed E-state index contributed by atoms with van der Waals surface area (Å²) in [4.78, 5) is 33.7. The summed E-state index contributed by atoms with van der Waals surface area (Å²) in [6.45, 7) is 1.28. The number of esters is 2. The fourth-order valence-corrected chi connectivity index (χ4v) is 2.63. The van der Waals surface area contributed by atoms with Crippen LogP contribution < -0.4 is 10.1 Å². The lowest BCUT2D eigenvalue weighted by molar-refractivity contribution is -0.204. The van der Waals surface area contributed by atoms with Gasteiger partial charge in [-0.15, -0.1) is 0 Å². The van der Waals surface area contributed by atoms with Crippen LogP contribution in [0.2, 0.25) is 5.02 Å². The van der Waals surface area contributed by atoms with Crippen LogP contribution in [0.25, 0.3) is 0 Å². The molecule has 1 heterocycles. The van der Waals surface area contributed by atoms with E-state index in [1.54, 1.807) is 26.4 Å². The zero-order valence-electron chi connectivity index (χ0n) is 16.1. The van der Waals surface area contributed by atoms with Crippen LogP contribution in [0.1, 0.15) is 19.8 Å². The van der Waals surface area contributed by atoms with Gasteiger partial charge in [-0.1, -0.05) is 11.6 Å². The highest BCUT2D eigenvalue weighted by Crippen LogP contribution is 2.32. The van der Waals surface area contributed by atoms with Crippen molar-refractivity contribution < 1.29 is 38.1 Å². The molecule has 9 nitrogen and oxygen atoms in total. The van der Waals surface area contributed by atoms with E-state index in [4.69, 9.17) is 25.8 Å². The Morgan fingerprint density at radius 1 is 1.25 bits per heavy atom. The van der Waals surface area contributed by atoms with Gasteiger partial charge in [0.25, 0.3) is 0 Å². The standard InChI is InChI=1S/C16H18ClNO7.C2H6O/c1-9(20)23-11-6-14(16(21)22-2)25-15(7-11)24-13-4-3-10(17)5-12(13)18-8-19;1-3-2/h3-5,8,11,14-15H,6-7H2,1-2H3,(H,18,19);1-2H3/t11?,14-,15?;/m0./s1. The maximum Gasteiger partial charge on any atom is 0.335 e. The van der Waals surface area contributed by atoms with E-state index in [0.717, 1.165) is 0 Å². The number of carbonyl (C=O) groups excluding carboxylic acids is 3. The Kier molecular flexibility index (Phi) is 10.3. The topological polar surface area (TPSA) is 109 Å². The van der Waals surface area contributed by atoms with Crippen molar-refractivity contribution >= 4 is 35.6 Å². The number of nitrogens with one attached hydrogen (secondary N) is 1. The molecule has 1 amide bonds. The largest absolute Gasteiger partial charge is 0.467 e. The van der Waals surface area contributed by atoms with Gasteiger partial charge in [0, 0.05) is 39.0 Å². The molecule has 0 aliphatic carbocycles. The third-order valence-electron chi connectivity index (χ3n) is 3.46. The number of benzene rings is 1. The van der Waals surface area contributed by atoms with Gasteiger partial charge in [0.15, 0.2) is 6.10 Å². The second-order valence-electron chi connectivity index (χ2n) is 5.71. The van der Waals surface area contributed by atoms with Gasteiger partial charge in [0.05, 0.1) is 12.8 Å². The number of anilines is 1. The van der Waals surface area contributed by atoms with E-state index in [9.17, 15) is 14.4 Å². The summed E-state index contributed by atoms with van der Waals surface area (Å²) >= 11 is 5.90. The van der Waals surface area contributed by atoms with Crippen LogP contribution in [0, 0.1) is 0 Å². The SMILES string of the molecule is COC.COC(=O)[C@@H]1CC(OC(C)=O)CC(Oc2ccc(Cl)cc2NC=O)O1. The van der Waals surface area contributed by atoms with Gasteiger partial charge in [-0.2, -0.15) is 0 Å². The van der Waals surface area contributed by atoms with Crippen LogP contribution in [0.3, 0.4) is 0 Å². The summed E-state index contributed by atoms with van der Waals surface area (Å²) in [5.41, 5.74) is 0.343. The molecule has 0 saturated carbocycles. The first-order valence-corrected chi connectivity index (χ1v) is 8.69. The van der Waals surface area contributed by atoms with E-state index in [1.807, 2.05) is 0 Å². The van der Waals surface area contributed by atoms with E-state index < -0.39 is 30.4 Å². The third-order valence-corrected chi connectivity index (χ3v) is 3.69. The number of amides is 1. The van der Waals surface area contributed by atoms with Crippen LogP contribution in [0.15, 0.2) is 18.2 Å². The quantitative estimate of drug-likeness (QED) is 0.554. The van der Waals surface area contributed by atoms with Gasteiger partial charge in [-0.25, -0.2) is 4.79 Å². The lowest BCUT2D eigenvalue weighted by Crippen LogP contribution is -2.44. The van der Waals surface area contributed by atoms with E-state index in [2.05, 4.69) is 14.8 Å². The first-order chi connectivity index (χ1) is 13.3. The van der Waals surface area contributed by atoms with Crippen LogP contribution in [0.4, 0.5) is 5.69 Å². The minimum Gasteiger partial charge on any atom is -0.467 e. The second-order valence-corrected chi connectivity index (χ2v) is 6.15. The summed E-state index contributed by atoms with van der Waals surface area (Å²) in [7, 11) is 4.49. The van der Waals surface area contributed by atoms with Gasteiger partial charge in [0.1, 0.15) is 11.9 Å². The van der Waals surface area contributed by atoms with Crippen molar-refractivity contribution in [1.82, 2.24) is 0 Å². The number of rotatable bonds is 6. The Morgan fingerprint density at radius 3 is 2.50 bits per heavy atom. The maximum absolute atomic E-state index is 11.8. The molecule has 1 fully saturated rings. The fourth-order valence-electron chi connectivity index (χ4n) is 2.46. The fraction of sp³-hybridized carbons (Fsp3) is 0.500. The Labute approximate surface area is 168 Å².